The van der Waals surface area contributed by atoms with E-state index in [0.717, 1.165) is 39.7 Å². The van der Waals surface area contributed by atoms with Crippen LogP contribution >= 0.6 is 22.9 Å². The lowest BCUT2D eigenvalue weighted by atomic mass is 9.93. The molecule has 0 aliphatic heterocycles. The standard InChI is InChI=1S/C27H27ClN2OS/c1-18-14-23(29-16-18)20-9-7-8-19(15-20)17-30(21-10-3-2-4-11-21)27(31)26-25(28)22-12-5-6-13-24(22)32-26/h5-9,12-16,21,29H,2-4,10-11,17H2,1H3. The van der Waals surface area contributed by atoms with Gasteiger partial charge in [0.05, 0.1) is 5.02 Å². The zero-order valence-electron chi connectivity index (χ0n) is 18.2. The number of H-pyrrole nitrogens is 1. The van der Waals surface area contributed by atoms with Gasteiger partial charge >= 0.3 is 0 Å². The largest absolute Gasteiger partial charge is 0.361 e. The molecule has 164 valence electrons. The number of fused-ring (bicyclic) bond motifs is 1. The number of amides is 1. The summed E-state index contributed by atoms with van der Waals surface area (Å²) in [5.41, 5.74) is 4.61. The lowest BCUT2D eigenvalue weighted by Crippen LogP contribution is -2.40. The fraction of sp³-hybridized carbons (Fsp3) is 0.296. The van der Waals surface area contributed by atoms with Crippen molar-refractivity contribution in [3.8, 4) is 11.3 Å². The van der Waals surface area contributed by atoms with Crippen LogP contribution in [-0.4, -0.2) is 21.8 Å². The molecule has 1 fully saturated rings. The SMILES string of the molecule is Cc1c[nH]c(-c2cccc(CN(C(=O)c3sc4ccccc4c3Cl)C3CCCCC3)c2)c1. The Hall–Kier alpha value is -2.56. The van der Waals surface area contributed by atoms with E-state index in [9.17, 15) is 4.79 Å². The lowest BCUT2D eigenvalue weighted by Gasteiger charge is -2.34. The molecule has 5 rings (SSSR count). The van der Waals surface area contributed by atoms with Crippen molar-refractivity contribution < 1.29 is 4.79 Å². The number of aromatic amines is 1. The Morgan fingerprint density at radius 3 is 2.66 bits per heavy atom. The molecule has 1 N–H and O–H groups in total. The normalized spacial score (nSPS) is 14.7. The van der Waals surface area contributed by atoms with Crippen LogP contribution in [0.4, 0.5) is 0 Å². The van der Waals surface area contributed by atoms with Gasteiger partial charge in [0, 0.05) is 34.6 Å². The number of halogens is 1. The Morgan fingerprint density at radius 1 is 1.09 bits per heavy atom. The molecule has 0 atom stereocenters. The van der Waals surface area contributed by atoms with Gasteiger partial charge in [-0.2, -0.15) is 0 Å². The maximum atomic E-state index is 13.8. The molecule has 1 saturated carbocycles. The summed E-state index contributed by atoms with van der Waals surface area (Å²) in [5, 5.41) is 1.56. The van der Waals surface area contributed by atoms with Gasteiger partial charge in [0.15, 0.2) is 0 Å². The molecule has 32 heavy (non-hydrogen) atoms. The van der Waals surface area contributed by atoms with E-state index in [4.69, 9.17) is 11.6 Å². The zero-order valence-corrected chi connectivity index (χ0v) is 19.8. The van der Waals surface area contributed by atoms with Gasteiger partial charge in [-0.3, -0.25) is 4.79 Å². The predicted molar refractivity (Wildman–Crippen MR) is 135 cm³/mol. The monoisotopic (exact) mass is 462 g/mol. The summed E-state index contributed by atoms with van der Waals surface area (Å²) in [6.45, 7) is 2.68. The summed E-state index contributed by atoms with van der Waals surface area (Å²) in [5.74, 6) is 0.0595. The quantitative estimate of drug-likeness (QED) is 0.322. The van der Waals surface area contributed by atoms with E-state index in [0.29, 0.717) is 16.4 Å². The molecule has 2 aromatic heterocycles. The van der Waals surface area contributed by atoms with E-state index >= 15 is 0 Å². The molecular weight excluding hydrogens is 436 g/mol. The van der Waals surface area contributed by atoms with Crippen molar-refractivity contribution in [1.82, 2.24) is 9.88 Å². The molecule has 4 aromatic rings. The molecule has 1 amide bonds. The number of nitrogens with zero attached hydrogens (tertiary/aromatic N) is 1. The first kappa shape index (κ1) is 21.3. The number of carbonyl (C=O) groups is 1. The summed E-state index contributed by atoms with van der Waals surface area (Å²) in [6, 6.07) is 18.9. The van der Waals surface area contributed by atoms with Gasteiger partial charge in [0.25, 0.3) is 5.91 Å². The van der Waals surface area contributed by atoms with Crippen LogP contribution in [0.15, 0.2) is 60.8 Å². The fourth-order valence-electron chi connectivity index (χ4n) is 4.74. The number of hydrogen-bond acceptors (Lipinski definition) is 2. The van der Waals surface area contributed by atoms with Crippen LogP contribution in [0.5, 0.6) is 0 Å². The molecule has 0 bridgehead atoms. The van der Waals surface area contributed by atoms with Crippen molar-refractivity contribution in [2.24, 2.45) is 0 Å². The van der Waals surface area contributed by atoms with Crippen LogP contribution < -0.4 is 0 Å². The molecule has 0 unspecified atom stereocenters. The number of hydrogen-bond donors (Lipinski definition) is 1. The Kier molecular flexibility index (Phi) is 6.07. The molecule has 1 aliphatic rings. The summed E-state index contributed by atoms with van der Waals surface area (Å²) in [6.07, 6.45) is 7.74. The van der Waals surface area contributed by atoms with Gasteiger partial charge in [0.1, 0.15) is 4.88 Å². The number of carbonyl (C=O) groups excluding carboxylic acids is 1. The Labute approximate surface area is 198 Å². The topological polar surface area (TPSA) is 36.1 Å². The Morgan fingerprint density at radius 2 is 1.91 bits per heavy atom. The van der Waals surface area contributed by atoms with E-state index in [1.54, 1.807) is 0 Å². The summed E-state index contributed by atoms with van der Waals surface area (Å²) < 4.78 is 1.06. The molecular formula is C27H27ClN2OS. The minimum Gasteiger partial charge on any atom is -0.361 e. The number of rotatable bonds is 5. The fourth-order valence-corrected chi connectivity index (χ4v) is 6.21. The highest BCUT2D eigenvalue weighted by Gasteiger charge is 2.29. The van der Waals surface area contributed by atoms with Gasteiger partial charge in [-0.25, -0.2) is 0 Å². The molecule has 0 saturated heterocycles. The average Bonchev–Trinajstić information content (AvgIpc) is 3.41. The van der Waals surface area contributed by atoms with E-state index < -0.39 is 0 Å². The Balaban J connectivity index is 1.48. The van der Waals surface area contributed by atoms with E-state index in [2.05, 4.69) is 47.1 Å². The van der Waals surface area contributed by atoms with Crippen LogP contribution in [0, 0.1) is 6.92 Å². The third-order valence-corrected chi connectivity index (χ3v) is 8.09. The first-order valence-electron chi connectivity index (χ1n) is 11.3. The molecule has 0 radical (unpaired) electrons. The van der Waals surface area contributed by atoms with Gasteiger partial charge in [-0.05, 0) is 54.7 Å². The van der Waals surface area contributed by atoms with Crippen molar-refractivity contribution in [1.29, 1.82) is 0 Å². The summed E-state index contributed by atoms with van der Waals surface area (Å²) in [4.78, 5) is 19.9. The van der Waals surface area contributed by atoms with E-state index in [-0.39, 0.29) is 11.9 Å². The van der Waals surface area contributed by atoms with Gasteiger partial charge < -0.3 is 9.88 Å². The molecule has 3 nitrogen and oxygen atoms in total. The van der Waals surface area contributed by atoms with Crippen LogP contribution in [0.3, 0.4) is 0 Å². The molecule has 2 heterocycles. The van der Waals surface area contributed by atoms with Crippen LogP contribution in [-0.2, 0) is 6.54 Å². The highest BCUT2D eigenvalue weighted by molar-refractivity contribution is 7.21. The maximum Gasteiger partial charge on any atom is 0.266 e. The van der Waals surface area contributed by atoms with Gasteiger partial charge in [-0.1, -0.05) is 67.3 Å². The second-order valence-electron chi connectivity index (χ2n) is 8.76. The van der Waals surface area contributed by atoms with Crippen molar-refractivity contribution in [2.45, 2.75) is 51.6 Å². The predicted octanol–water partition coefficient (Wildman–Crippen LogP) is 7.83. The highest BCUT2D eigenvalue weighted by Crippen LogP contribution is 2.37. The smallest absolute Gasteiger partial charge is 0.266 e. The first-order chi connectivity index (χ1) is 15.6. The second kappa shape index (κ2) is 9.13. The summed E-state index contributed by atoms with van der Waals surface area (Å²) >= 11 is 8.21. The van der Waals surface area contributed by atoms with Crippen molar-refractivity contribution in [3.05, 3.63) is 81.8 Å². The van der Waals surface area contributed by atoms with Gasteiger partial charge in [0.2, 0.25) is 0 Å². The van der Waals surface area contributed by atoms with Gasteiger partial charge in [-0.15, -0.1) is 11.3 Å². The second-order valence-corrected chi connectivity index (χ2v) is 10.2. The lowest BCUT2D eigenvalue weighted by molar-refractivity contribution is 0.0619. The third kappa shape index (κ3) is 4.22. The average molecular weight is 463 g/mol. The highest BCUT2D eigenvalue weighted by atomic mass is 35.5. The molecule has 1 aliphatic carbocycles. The van der Waals surface area contributed by atoms with Crippen LogP contribution in [0.25, 0.3) is 21.3 Å². The first-order valence-corrected chi connectivity index (χ1v) is 12.5. The number of aromatic nitrogens is 1. The molecule has 0 spiro atoms. The van der Waals surface area contributed by atoms with Crippen molar-refractivity contribution in [3.63, 3.8) is 0 Å². The Bertz CT molecular complexity index is 1250. The van der Waals surface area contributed by atoms with Crippen LogP contribution in [0.2, 0.25) is 5.02 Å². The van der Waals surface area contributed by atoms with Crippen molar-refractivity contribution in [2.75, 3.05) is 0 Å². The zero-order chi connectivity index (χ0) is 22.1. The molecule has 2 aromatic carbocycles. The van der Waals surface area contributed by atoms with Crippen LogP contribution in [0.1, 0.15) is 52.9 Å². The molecule has 5 heteroatoms. The number of aryl methyl sites for hydroxylation is 1. The minimum atomic E-state index is 0.0595. The number of nitrogens with one attached hydrogen (secondary N) is 1. The van der Waals surface area contributed by atoms with Crippen molar-refractivity contribution >= 4 is 38.9 Å². The third-order valence-electron chi connectivity index (χ3n) is 6.42. The van der Waals surface area contributed by atoms with E-state index in [1.807, 2.05) is 30.5 Å². The number of benzene rings is 2. The summed E-state index contributed by atoms with van der Waals surface area (Å²) in [7, 11) is 0. The number of thiophene rings is 1. The van der Waals surface area contributed by atoms with E-state index in [1.165, 1.54) is 36.2 Å². The maximum absolute atomic E-state index is 13.8. The minimum absolute atomic E-state index is 0.0595.